The molecule has 0 saturated heterocycles. The van der Waals surface area contributed by atoms with Gasteiger partial charge in [-0.1, -0.05) is 42.5 Å². The lowest BCUT2D eigenvalue weighted by atomic mass is 10.1. The van der Waals surface area contributed by atoms with Crippen LogP contribution < -0.4 is 15.0 Å². The molecule has 1 heterocycles. The van der Waals surface area contributed by atoms with E-state index >= 15 is 0 Å². The van der Waals surface area contributed by atoms with Crippen molar-refractivity contribution in [1.29, 1.82) is 0 Å². The number of benzene rings is 2. The number of hydrogen-bond acceptors (Lipinski definition) is 5. The maximum Gasteiger partial charge on any atom is 0.228 e. The number of nitrogens with one attached hydrogen (secondary N) is 1. The van der Waals surface area contributed by atoms with E-state index in [0.29, 0.717) is 6.04 Å². The summed E-state index contributed by atoms with van der Waals surface area (Å²) in [6.45, 7) is 7.93. The summed E-state index contributed by atoms with van der Waals surface area (Å²) in [5, 5.41) is 3.45. The van der Waals surface area contributed by atoms with E-state index in [1.165, 1.54) is 11.1 Å². The Morgan fingerprint density at radius 2 is 1.72 bits per heavy atom. The number of ether oxygens (including phenoxy) is 1. The zero-order valence-electron chi connectivity index (χ0n) is 17.7. The molecule has 0 bridgehead atoms. The van der Waals surface area contributed by atoms with E-state index in [9.17, 15) is 0 Å². The Hall–Kier alpha value is -3.08. The molecule has 1 N–H and O–H groups in total. The summed E-state index contributed by atoms with van der Waals surface area (Å²) in [6.07, 6.45) is 0.896. The number of aryl methyl sites for hydroxylation is 1. The summed E-state index contributed by atoms with van der Waals surface area (Å²) in [6, 6.07) is 20.9. The van der Waals surface area contributed by atoms with E-state index in [2.05, 4.69) is 60.5 Å². The number of aromatic nitrogens is 2. The Labute approximate surface area is 173 Å². The Morgan fingerprint density at radius 1 is 0.966 bits per heavy atom. The Kier molecular flexibility index (Phi) is 7.06. The minimum Gasteiger partial charge on any atom is -0.497 e. The second-order valence-corrected chi connectivity index (χ2v) is 7.43. The molecule has 0 aliphatic rings. The maximum absolute atomic E-state index is 5.30. The predicted molar refractivity (Wildman–Crippen MR) is 120 cm³/mol. The topological polar surface area (TPSA) is 50.3 Å². The highest BCUT2D eigenvalue weighted by molar-refractivity contribution is 5.45. The molecule has 0 amide bonds. The van der Waals surface area contributed by atoms with E-state index in [1.807, 2.05) is 31.2 Å². The molecule has 5 heteroatoms. The molecule has 0 unspecified atom stereocenters. The van der Waals surface area contributed by atoms with Gasteiger partial charge in [0.05, 0.1) is 7.11 Å². The van der Waals surface area contributed by atoms with Crippen LogP contribution in [0.15, 0.2) is 60.7 Å². The summed E-state index contributed by atoms with van der Waals surface area (Å²) in [4.78, 5) is 11.7. The van der Waals surface area contributed by atoms with Gasteiger partial charge in [0.15, 0.2) is 0 Å². The Balaban J connectivity index is 1.70. The molecule has 0 atom stereocenters. The number of anilines is 2. The molecule has 0 spiro atoms. The second-order valence-electron chi connectivity index (χ2n) is 7.43. The minimum atomic E-state index is 0.293. The smallest absolute Gasteiger partial charge is 0.228 e. The van der Waals surface area contributed by atoms with Crippen LogP contribution in [0.4, 0.5) is 11.8 Å². The van der Waals surface area contributed by atoms with Crippen molar-refractivity contribution in [2.45, 2.75) is 39.8 Å². The van der Waals surface area contributed by atoms with Gasteiger partial charge in [-0.25, -0.2) is 4.98 Å². The van der Waals surface area contributed by atoms with Crippen LogP contribution in [0.1, 0.15) is 30.7 Å². The van der Waals surface area contributed by atoms with Crippen molar-refractivity contribution in [2.24, 2.45) is 0 Å². The molecule has 0 radical (unpaired) electrons. The van der Waals surface area contributed by atoms with Gasteiger partial charge in [-0.2, -0.15) is 4.98 Å². The lowest BCUT2D eigenvalue weighted by Gasteiger charge is -2.27. The molecule has 5 nitrogen and oxygen atoms in total. The molecule has 1 aromatic heterocycles. The molecule has 29 heavy (non-hydrogen) atoms. The van der Waals surface area contributed by atoms with Crippen molar-refractivity contribution in [1.82, 2.24) is 9.97 Å². The van der Waals surface area contributed by atoms with Crippen molar-refractivity contribution >= 4 is 11.8 Å². The summed E-state index contributed by atoms with van der Waals surface area (Å²) < 4.78 is 5.30. The van der Waals surface area contributed by atoms with Gasteiger partial charge in [0.1, 0.15) is 11.6 Å². The molecule has 152 valence electrons. The first-order valence-electron chi connectivity index (χ1n) is 10.1. The summed E-state index contributed by atoms with van der Waals surface area (Å²) in [5.41, 5.74) is 3.44. The molecule has 0 aliphatic carbocycles. The molecule has 0 fully saturated rings. The lowest BCUT2D eigenvalue weighted by Crippen LogP contribution is -2.32. The fraction of sp³-hybridized carbons (Fsp3) is 0.333. The molecular formula is C24H30N4O. The first-order chi connectivity index (χ1) is 14.0. The fourth-order valence-electron chi connectivity index (χ4n) is 3.20. The molecular weight excluding hydrogens is 360 g/mol. The zero-order valence-corrected chi connectivity index (χ0v) is 17.7. The second kappa shape index (κ2) is 9.92. The van der Waals surface area contributed by atoms with Crippen LogP contribution in [0.25, 0.3) is 0 Å². The molecule has 0 aliphatic heterocycles. The van der Waals surface area contributed by atoms with Crippen LogP contribution >= 0.6 is 0 Å². The van der Waals surface area contributed by atoms with Gasteiger partial charge in [0.2, 0.25) is 5.95 Å². The molecule has 3 rings (SSSR count). The van der Waals surface area contributed by atoms with E-state index < -0.39 is 0 Å². The summed E-state index contributed by atoms with van der Waals surface area (Å²) in [5.74, 6) is 2.50. The van der Waals surface area contributed by atoms with Gasteiger partial charge in [-0.15, -0.1) is 0 Å². The minimum absolute atomic E-state index is 0.293. The number of rotatable bonds is 9. The highest BCUT2D eigenvalue weighted by atomic mass is 16.5. The molecule has 0 saturated carbocycles. The van der Waals surface area contributed by atoms with Gasteiger partial charge < -0.3 is 15.0 Å². The van der Waals surface area contributed by atoms with Crippen LogP contribution in [0, 0.1) is 6.92 Å². The third-order valence-corrected chi connectivity index (χ3v) is 4.77. The van der Waals surface area contributed by atoms with Gasteiger partial charge in [0.25, 0.3) is 0 Å². The largest absolute Gasteiger partial charge is 0.497 e. The first kappa shape index (κ1) is 20.6. The first-order valence-corrected chi connectivity index (χ1v) is 10.1. The van der Waals surface area contributed by atoms with E-state index in [1.54, 1.807) is 7.11 Å². The van der Waals surface area contributed by atoms with Crippen molar-refractivity contribution in [3.05, 3.63) is 77.5 Å². The van der Waals surface area contributed by atoms with Gasteiger partial charge in [-0.3, -0.25) is 0 Å². The third-order valence-electron chi connectivity index (χ3n) is 4.77. The number of nitrogens with zero attached hydrogens (tertiary/aromatic N) is 3. The monoisotopic (exact) mass is 390 g/mol. The maximum atomic E-state index is 5.30. The van der Waals surface area contributed by atoms with E-state index in [-0.39, 0.29) is 0 Å². The Morgan fingerprint density at radius 3 is 2.45 bits per heavy atom. The SMILES string of the molecule is COc1cccc(CCNc2cc(C)nc(N(Cc3ccccc3)C(C)C)n2)c1. The number of hydrogen-bond donors (Lipinski definition) is 1. The highest BCUT2D eigenvalue weighted by Crippen LogP contribution is 2.19. The quantitative estimate of drug-likeness (QED) is 0.565. The van der Waals surface area contributed by atoms with Crippen molar-refractivity contribution in [3.8, 4) is 5.75 Å². The van der Waals surface area contributed by atoms with Crippen LogP contribution in [-0.2, 0) is 13.0 Å². The number of methoxy groups -OCH3 is 1. The van der Waals surface area contributed by atoms with Crippen molar-refractivity contribution in [2.75, 3.05) is 23.9 Å². The zero-order chi connectivity index (χ0) is 20.6. The van der Waals surface area contributed by atoms with Gasteiger partial charge in [-0.05, 0) is 50.5 Å². The molecule has 3 aromatic rings. The highest BCUT2D eigenvalue weighted by Gasteiger charge is 2.15. The Bertz CT molecular complexity index is 912. The normalized spacial score (nSPS) is 10.8. The van der Waals surface area contributed by atoms with Gasteiger partial charge in [0, 0.05) is 30.9 Å². The standard InChI is InChI=1S/C24H30N4O/c1-18(2)28(17-21-9-6-5-7-10-21)24-26-19(3)15-23(27-24)25-14-13-20-11-8-12-22(16-20)29-4/h5-12,15-16,18H,13-14,17H2,1-4H3,(H,25,26,27). The van der Waals surface area contributed by atoms with Crippen LogP contribution in [0.5, 0.6) is 5.75 Å². The lowest BCUT2D eigenvalue weighted by molar-refractivity contribution is 0.414. The van der Waals surface area contributed by atoms with Crippen LogP contribution in [0.2, 0.25) is 0 Å². The predicted octanol–water partition coefficient (Wildman–Crippen LogP) is 4.86. The average molecular weight is 391 g/mol. The van der Waals surface area contributed by atoms with E-state index in [0.717, 1.165) is 42.7 Å². The van der Waals surface area contributed by atoms with Crippen molar-refractivity contribution in [3.63, 3.8) is 0 Å². The van der Waals surface area contributed by atoms with Gasteiger partial charge >= 0.3 is 0 Å². The third kappa shape index (κ3) is 5.95. The van der Waals surface area contributed by atoms with Crippen molar-refractivity contribution < 1.29 is 4.74 Å². The van der Waals surface area contributed by atoms with Crippen LogP contribution in [-0.4, -0.2) is 29.7 Å². The molecule has 2 aromatic carbocycles. The van der Waals surface area contributed by atoms with E-state index in [4.69, 9.17) is 14.7 Å². The average Bonchev–Trinajstić information content (AvgIpc) is 2.72. The summed E-state index contributed by atoms with van der Waals surface area (Å²) in [7, 11) is 1.69. The summed E-state index contributed by atoms with van der Waals surface area (Å²) >= 11 is 0. The van der Waals surface area contributed by atoms with Crippen LogP contribution in [0.3, 0.4) is 0 Å². The fourth-order valence-corrected chi connectivity index (χ4v) is 3.20.